The fourth-order valence-corrected chi connectivity index (χ4v) is 3.96. The fraction of sp³-hybridized carbons (Fsp3) is 0.300. The van der Waals surface area contributed by atoms with Crippen LogP contribution in [0.2, 0.25) is 0 Å². The van der Waals surface area contributed by atoms with E-state index in [1.165, 1.54) is 36.2 Å². The summed E-state index contributed by atoms with van der Waals surface area (Å²) in [5.74, 6) is 1.48. The number of rotatable bonds is 3. The summed E-state index contributed by atoms with van der Waals surface area (Å²) < 4.78 is 0. The topological polar surface area (TPSA) is 29.3 Å². The smallest absolute Gasteiger partial charge is 0.0314 e. The average molecular weight is 290 g/mol. The van der Waals surface area contributed by atoms with Gasteiger partial charge in [-0.15, -0.1) is 0 Å². The standard InChI is InChI=1S/C20H22N2/c21-18-9-6-16(7-10-18)19-11-8-17-13-22(14-20(17)19)12-15-4-2-1-3-5-15/h1-7,9-11,17,20H,8,12-14,21H2. The Morgan fingerprint density at radius 3 is 2.50 bits per heavy atom. The summed E-state index contributed by atoms with van der Waals surface area (Å²) in [4.78, 5) is 2.61. The Balaban J connectivity index is 1.48. The Morgan fingerprint density at radius 2 is 1.73 bits per heavy atom. The number of nitrogens with zero attached hydrogens (tertiary/aromatic N) is 1. The van der Waals surface area contributed by atoms with Crippen LogP contribution in [0.4, 0.5) is 5.69 Å². The maximum atomic E-state index is 5.81. The van der Waals surface area contributed by atoms with Crippen molar-refractivity contribution in [2.75, 3.05) is 18.8 Å². The highest BCUT2D eigenvalue weighted by Crippen LogP contribution is 2.43. The first-order valence-electron chi connectivity index (χ1n) is 8.12. The Kier molecular flexibility index (Phi) is 3.47. The van der Waals surface area contributed by atoms with Crippen LogP contribution in [0, 0.1) is 11.8 Å². The lowest BCUT2D eigenvalue weighted by Gasteiger charge is -2.17. The van der Waals surface area contributed by atoms with Crippen LogP contribution in [0.5, 0.6) is 0 Å². The molecule has 0 saturated carbocycles. The number of fused-ring (bicyclic) bond motifs is 1. The Labute approximate surface area is 132 Å². The van der Waals surface area contributed by atoms with E-state index < -0.39 is 0 Å². The van der Waals surface area contributed by atoms with E-state index in [-0.39, 0.29) is 0 Å². The van der Waals surface area contributed by atoms with Gasteiger partial charge in [-0.2, -0.15) is 0 Å². The second-order valence-electron chi connectivity index (χ2n) is 6.56. The van der Waals surface area contributed by atoms with Gasteiger partial charge in [0.2, 0.25) is 0 Å². The Hall–Kier alpha value is -2.06. The molecule has 2 atom stereocenters. The molecule has 4 rings (SSSR count). The van der Waals surface area contributed by atoms with E-state index in [9.17, 15) is 0 Å². The number of nitrogens with two attached hydrogens (primary N) is 1. The molecule has 1 aliphatic heterocycles. The molecule has 0 spiro atoms. The molecule has 2 aromatic rings. The molecule has 1 aliphatic carbocycles. The number of benzene rings is 2. The van der Waals surface area contributed by atoms with Gasteiger partial charge in [-0.1, -0.05) is 48.5 Å². The molecule has 0 aromatic heterocycles. The first kappa shape index (κ1) is 13.6. The molecule has 2 aromatic carbocycles. The number of allylic oxidation sites excluding steroid dienone is 1. The van der Waals surface area contributed by atoms with Crippen LogP contribution in [0.3, 0.4) is 0 Å². The highest BCUT2D eigenvalue weighted by Gasteiger charge is 2.38. The number of hydrogen-bond acceptors (Lipinski definition) is 2. The SMILES string of the molecule is Nc1ccc(C2=CCC3CN(Cc4ccccc4)CC23)cc1. The number of anilines is 1. The quantitative estimate of drug-likeness (QED) is 0.871. The van der Waals surface area contributed by atoms with Gasteiger partial charge in [0.1, 0.15) is 0 Å². The molecule has 22 heavy (non-hydrogen) atoms. The van der Waals surface area contributed by atoms with Crippen LogP contribution in [0.15, 0.2) is 60.7 Å². The maximum absolute atomic E-state index is 5.81. The zero-order valence-electron chi connectivity index (χ0n) is 12.8. The summed E-state index contributed by atoms with van der Waals surface area (Å²) >= 11 is 0. The molecule has 1 saturated heterocycles. The Bertz CT molecular complexity index is 673. The molecular weight excluding hydrogens is 268 g/mol. The van der Waals surface area contributed by atoms with Gasteiger partial charge in [-0.05, 0) is 41.2 Å². The van der Waals surface area contributed by atoms with Crippen molar-refractivity contribution in [3.05, 3.63) is 71.8 Å². The Morgan fingerprint density at radius 1 is 0.955 bits per heavy atom. The van der Waals surface area contributed by atoms with Crippen molar-refractivity contribution in [1.82, 2.24) is 4.90 Å². The van der Waals surface area contributed by atoms with Crippen molar-refractivity contribution in [3.8, 4) is 0 Å². The first-order valence-corrected chi connectivity index (χ1v) is 8.12. The number of hydrogen-bond donors (Lipinski definition) is 1. The summed E-state index contributed by atoms with van der Waals surface area (Å²) in [7, 11) is 0. The predicted octanol–water partition coefficient (Wildman–Crippen LogP) is 3.80. The summed E-state index contributed by atoms with van der Waals surface area (Å²) in [5, 5.41) is 0. The van der Waals surface area contributed by atoms with Gasteiger partial charge in [0, 0.05) is 31.2 Å². The second-order valence-corrected chi connectivity index (χ2v) is 6.56. The zero-order valence-corrected chi connectivity index (χ0v) is 12.8. The van der Waals surface area contributed by atoms with Gasteiger partial charge >= 0.3 is 0 Å². The van der Waals surface area contributed by atoms with E-state index in [0.717, 1.165) is 18.2 Å². The largest absolute Gasteiger partial charge is 0.399 e. The van der Waals surface area contributed by atoms with E-state index in [0.29, 0.717) is 5.92 Å². The van der Waals surface area contributed by atoms with Crippen LogP contribution < -0.4 is 5.73 Å². The summed E-state index contributed by atoms with van der Waals surface area (Å²) in [6, 6.07) is 19.2. The van der Waals surface area contributed by atoms with Crippen LogP contribution in [0.25, 0.3) is 5.57 Å². The summed E-state index contributed by atoms with van der Waals surface area (Å²) in [5.41, 5.74) is 11.0. The molecule has 2 heteroatoms. The van der Waals surface area contributed by atoms with Crippen molar-refractivity contribution in [2.45, 2.75) is 13.0 Å². The van der Waals surface area contributed by atoms with Crippen LogP contribution in [-0.2, 0) is 6.54 Å². The lowest BCUT2D eigenvalue weighted by Crippen LogP contribution is -2.20. The monoisotopic (exact) mass is 290 g/mol. The highest BCUT2D eigenvalue weighted by molar-refractivity contribution is 5.71. The first-order chi connectivity index (χ1) is 10.8. The second kappa shape index (κ2) is 5.62. The van der Waals surface area contributed by atoms with Gasteiger partial charge in [0.25, 0.3) is 0 Å². The van der Waals surface area contributed by atoms with E-state index in [2.05, 4.69) is 53.4 Å². The predicted molar refractivity (Wildman–Crippen MR) is 92.1 cm³/mol. The lowest BCUT2D eigenvalue weighted by molar-refractivity contribution is 0.315. The van der Waals surface area contributed by atoms with Crippen molar-refractivity contribution in [1.29, 1.82) is 0 Å². The van der Waals surface area contributed by atoms with Crippen LogP contribution in [-0.4, -0.2) is 18.0 Å². The molecular formula is C20H22N2. The number of likely N-dealkylation sites (tertiary alicyclic amines) is 1. The third kappa shape index (κ3) is 2.55. The van der Waals surface area contributed by atoms with Crippen LogP contribution in [0.1, 0.15) is 17.5 Å². The van der Waals surface area contributed by atoms with Gasteiger partial charge < -0.3 is 5.73 Å². The van der Waals surface area contributed by atoms with Gasteiger partial charge in [0.05, 0.1) is 0 Å². The third-order valence-corrected chi connectivity index (χ3v) is 5.05. The average Bonchev–Trinajstić information content (AvgIpc) is 3.09. The van der Waals surface area contributed by atoms with Gasteiger partial charge in [-0.3, -0.25) is 4.90 Å². The molecule has 0 amide bonds. The summed E-state index contributed by atoms with van der Waals surface area (Å²) in [6.45, 7) is 3.47. The lowest BCUT2D eigenvalue weighted by atomic mass is 9.91. The maximum Gasteiger partial charge on any atom is 0.0314 e. The molecule has 2 aliphatic rings. The van der Waals surface area contributed by atoms with E-state index in [1.807, 2.05) is 12.1 Å². The van der Waals surface area contributed by atoms with Crippen LogP contribution >= 0.6 is 0 Å². The molecule has 112 valence electrons. The van der Waals surface area contributed by atoms with E-state index in [1.54, 1.807) is 0 Å². The van der Waals surface area contributed by atoms with Crippen molar-refractivity contribution < 1.29 is 0 Å². The molecule has 0 bridgehead atoms. The van der Waals surface area contributed by atoms with Crippen molar-refractivity contribution in [3.63, 3.8) is 0 Å². The molecule has 1 fully saturated rings. The third-order valence-electron chi connectivity index (χ3n) is 5.05. The van der Waals surface area contributed by atoms with Crippen molar-refractivity contribution >= 4 is 11.3 Å². The van der Waals surface area contributed by atoms with E-state index >= 15 is 0 Å². The molecule has 2 unspecified atom stereocenters. The minimum absolute atomic E-state index is 0.687. The molecule has 0 radical (unpaired) electrons. The molecule has 2 N–H and O–H groups in total. The van der Waals surface area contributed by atoms with Gasteiger partial charge in [-0.25, -0.2) is 0 Å². The number of nitrogen functional groups attached to an aromatic ring is 1. The van der Waals surface area contributed by atoms with E-state index in [4.69, 9.17) is 5.73 Å². The van der Waals surface area contributed by atoms with Gasteiger partial charge in [0.15, 0.2) is 0 Å². The minimum Gasteiger partial charge on any atom is -0.399 e. The molecule has 2 nitrogen and oxygen atoms in total. The minimum atomic E-state index is 0.687. The van der Waals surface area contributed by atoms with Crippen molar-refractivity contribution in [2.24, 2.45) is 11.8 Å². The normalized spacial score (nSPS) is 24.3. The highest BCUT2D eigenvalue weighted by atomic mass is 15.2. The summed E-state index contributed by atoms with van der Waals surface area (Å²) in [6.07, 6.45) is 3.66. The molecule has 1 heterocycles. The fourth-order valence-electron chi connectivity index (χ4n) is 3.96. The zero-order chi connectivity index (χ0) is 14.9.